The Morgan fingerprint density at radius 2 is 1.85 bits per heavy atom. The Morgan fingerprint density at radius 3 is 2.30 bits per heavy atom. The van der Waals surface area contributed by atoms with E-state index in [9.17, 15) is 0 Å². The van der Waals surface area contributed by atoms with E-state index in [1.54, 1.807) is 6.20 Å². The molecule has 0 saturated carbocycles. The van der Waals surface area contributed by atoms with Crippen LogP contribution < -0.4 is 10.8 Å². The SMILES string of the molecule is C[C@@H](CO)Nc1ccc(B2OC(C)(C)C(C)(C)O2)cn1. The van der Waals surface area contributed by atoms with Crippen LogP contribution in [0.15, 0.2) is 18.3 Å². The molecule has 1 aliphatic rings. The van der Waals surface area contributed by atoms with Crippen LogP contribution in [0.3, 0.4) is 0 Å². The van der Waals surface area contributed by atoms with Gasteiger partial charge in [-0.3, -0.25) is 0 Å². The van der Waals surface area contributed by atoms with E-state index >= 15 is 0 Å². The van der Waals surface area contributed by atoms with Crippen molar-refractivity contribution in [2.24, 2.45) is 0 Å². The summed E-state index contributed by atoms with van der Waals surface area (Å²) in [6, 6.07) is 3.78. The third-order valence-electron chi connectivity index (χ3n) is 3.98. The molecule has 0 amide bonds. The zero-order chi connectivity index (χ0) is 15.0. The van der Waals surface area contributed by atoms with Crippen LogP contribution in [0.25, 0.3) is 0 Å². The van der Waals surface area contributed by atoms with Gasteiger partial charge in [0.15, 0.2) is 0 Å². The van der Waals surface area contributed by atoms with Crippen LogP contribution >= 0.6 is 0 Å². The predicted molar refractivity (Wildman–Crippen MR) is 80.1 cm³/mol. The van der Waals surface area contributed by atoms with Crippen molar-refractivity contribution in [3.8, 4) is 0 Å². The summed E-state index contributed by atoms with van der Waals surface area (Å²) in [6.45, 7) is 10.1. The number of hydrogen-bond acceptors (Lipinski definition) is 5. The Balaban J connectivity index is 2.08. The van der Waals surface area contributed by atoms with E-state index in [1.165, 1.54) is 0 Å². The highest BCUT2D eigenvalue weighted by atomic mass is 16.7. The quantitative estimate of drug-likeness (QED) is 0.810. The average Bonchev–Trinajstić information content (AvgIpc) is 2.59. The van der Waals surface area contributed by atoms with Crippen molar-refractivity contribution in [1.82, 2.24) is 4.98 Å². The molecule has 20 heavy (non-hydrogen) atoms. The highest BCUT2D eigenvalue weighted by molar-refractivity contribution is 6.62. The molecule has 6 heteroatoms. The minimum atomic E-state index is -0.392. The number of nitrogens with zero attached hydrogens (tertiary/aromatic N) is 1. The smallest absolute Gasteiger partial charge is 0.399 e. The molecule has 1 saturated heterocycles. The van der Waals surface area contributed by atoms with E-state index in [-0.39, 0.29) is 23.9 Å². The monoisotopic (exact) mass is 278 g/mol. The normalized spacial score (nSPS) is 21.8. The molecule has 2 rings (SSSR count). The predicted octanol–water partition coefficient (Wildman–Crippen LogP) is 1.17. The molecule has 0 radical (unpaired) electrons. The second-order valence-corrected chi connectivity index (χ2v) is 6.29. The molecule has 1 aromatic heterocycles. The Kier molecular flexibility index (Phi) is 4.09. The van der Waals surface area contributed by atoms with Gasteiger partial charge in [0.2, 0.25) is 0 Å². The fraction of sp³-hybridized carbons (Fsp3) is 0.643. The van der Waals surface area contributed by atoms with Crippen LogP contribution in [0.4, 0.5) is 5.82 Å². The zero-order valence-corrected chi connectivity index (χ0v) is 12.8. The number of anilines is 1. The summed E-state index contributed by atoms with van der Waals surface area (Å²) < 4.78 is 11.9. The van der Waals surface area contributed by atoms with Crippen molar-refractivity contribution < 1.29 is 14.4 Å². The first-order chi connectivity index (χ1) is 9.25. The van der Waals surface area contributed by atoms with Gasteiger partial charge in [0.1, 0.15) is 5.82 Å². The van der Waals surface area contributed by atoms with E-state index < -0.39 is 7.12 Å². The summed E-state index contributed by atoms with van der Waals surface area (Å²) in [5.74, 6) is 0.729. The first-order valence-corrected chi connectivity index (χ1v) is 6.94. The lowest BCUT2D eigenvalue weighted by molar-refractivity contribution is 0.00578. The van der Waals surface area contributed by atoms with Gasteiger partial charge in [-0.1, -0.05) is 6.07 Å². The summed E-state index contributed by atoms with van der Waals surface area (Å²) in [4.78, 5) is 4.32. The third kappa shape index (κ3) is 2.97. The minimum absolute atomic E-state index is 0.0230. The highest BCUT2D eigenvalue weighted by Gasteiger charge is 2.51. The molecule has 0 aliphatic carbocycles. The number of nitrogens with one attached hydrogen (secondary N) is 1. The van der Waals surface area contributed by atoms with E-state index in [0.29, 0.717) is 0 Å². The standard InChI is InChI=1S/C14H23BN2O3/c1-10(9-18)17-12-7-6-11(8-16-12)15-19-13(2,3)14(4,5)20-15/h6-8,10,18H,9H2,1-5H3,(H,16,17)/t10-/m0/s1. The number of aromatic nitrogens is 1. The van der Waals surface area contributed by atoms with Crippen molar-refractivity contribution in [3.05, 3.63) is 18.3 Å². The Labute approximate surface area is 120 Å². The maximum Gasteiger partial charge on any atom is 0.496 e. The molecule has 110 valence electrons. The largest absolute Gasteiger partial charge is 0.496 e. The molecule has 1 fully saturated rings. The molecular formula is C14H23BN2O3. The Hall–Kier alpha value is -1.11. The minimum Gasteiger partial charge on any atom is -0.399 e. The van der Waals surface area contributed by atoms with Crippen molar-refractivity contribution >= 4 is 18.4 Å². The molecule has 0 bridgehead atoms. The van der Waals surface area contributed by atoms with E-state index in [4.69, 9.17) is 14.4 Å². The molecule has 2 heterocycles. The van der Waals surface area contributed by atoms with E-state index in [2.05, 4.69) is 10.3 Å². The number of pyridine rings is 1. The van der Waals surface area contributed by atoms with Gasteiger partial charge in [0.05, 0.1) is 17.8 Å². The molecule has 1 aliphatic heterocycles. The summed E-state index contributed by atoms with van der Waals surface area (Å²) in [7, 11) is -0.392. The van der Waals surface area contributed by atoms with Gasteiger partial charge >= 0.3 is 7.12 Å². The van der Waals surface area contributed by atoms with Gasteiger partial charge in [0.25, 0.3) is 0 Å². The van der Waals surface area contributed by atoms with Crippen LogP contribution in [0.5, 0.6) is 0 Å². The van der Waals surface area contributed by atoms with Crippen LogP contribution in [-0.2, 0) is 9.31 Å². The third-order valence-corrected chi connectivity index (χ3v) is 3.98. The molecule has 1 aromatic rings. The van der Waals surface area contributed by atoms with Crippen molar-refractivity contribution in [2.45, 2.75) is 51.9 Å². The fourth-order valence-corrected chi connectivity index (χ4v) is 1.91. The van der Waals surface area contributed by atoms with Crippen LogP contribution in [0.1, 0.15) is 34.6 Å². The fourth-order valence-electron chi connectivity index (χ4n) is 1.91. The molecular weight excluding hydrogens is 255 g/mol. The topological polar surface area (TPSA) is 63.6 Å². The zero-order valence-electron chi connectivity index (χ0n) is 12.8. The van der Waals surface area contributed by atoms with Gasteiger partial charge in [-0.25, -0.2) is 4.98 Å². The maximum absolute atomic E-state index is 9.01. The summed E-state index contributed by atoms with van der Waals surface area (Å²) in [6.07, 6.45) is 1.74. The lowest BCUT2D eigenvalue weighted by Crippen LogP contribution is -2.41. The van der Waals surface area contributed by atoms with Gasteiger partial charge in [-0.2, -0.15) is 0 Å². The van der Waals surface area contributed by atoms with Gasteiger partial charge in [-0.15, -0.1) is 0 Å². The summed E-state index contributed by atoms with van der Waals surface area (Å²) in [5.41, 5.74) is 0.200. The average molecular weight is 278 g/mol. The van der Waals surface area contributed by atoms with Gasteiger partial charge < -0.3 is 19.7 Å². The molecule has 0 aromatic carbocycles. The van der Waals surface area contributed by atoms with Crippen molar-refractivity contribution in [2.75, 3.05) is 11.9 Å². The number of rotatable bonds is 4. The number of aliphatic hydroxyl groups excluding tert-OH is 1. The molecule has 0 unspecified atom stereocenters. The number of hydrogen-bond donors (Lipinski definition) is 2. The maximum atomic E-state index is 9.01. The van der Waals surface area contributed by atoms with E-state index in [0.717, 1.165) is 11.3 Å². The first kappa shape index (κ1) is 15.3. The van der Waals surface area contributed by atoms with Gasteiger partial charge in [-0.05, 0) is 40.7 Å². The second kappa shape index (κ2) is 5.35. The van der Waals surface area contributed by atoms with E-state index in [1.807, 2.05) is 46.8 Å². The van der Waals surface area contributed by atoms with Crippen LogP contribution in [-0.4, -0.2) is 41.1 Å². The summed E-state index contributed by atoms with van der Waals surface area (Å²) >= 11 is 0. The lowest BCUT2D eigenvalue weighted by atomic mass is 9.80. The molecule has 1 atom stereocenters. The molecule has 2 N–H and O–H groups in total. The van der Waals surface area contributed by atoms with Crippen LogP contribution in [0.2, 0.25) is 0 Å². The Bertz CT molecular complexity index is 446. The molecule has 5 nitrogen and oxygen atoms in total. The first-order valence-electron chi connectivity index (χ1n) is 6.94. The lowest BCUT2D eigenvalue weighted by Gasteiger charge is -2.32. The van der Waals surface area contributed by atoms with Crippen LogP contribution in [0, 0.1) is 0 Å². The second-order valence-electron chi connectivity index (χ2n) is 6.29. The van der Waals surface area contributed by atoms with Crippen molar-refractivity contribution in [1.29, 1.82) is 0 Å². The number of aliphatic hydroxyl groups is 1. The van der Waals surface area contributed by atoms with Gasteiger partial charge in [0, 0.05) is 17.7 Å². The summed E-state index contributed by atoms with van der Waals surface area (Å²) in [5, 5.41) is 12.1. The van der Waals surface area contributed by atoms with Crippen molar-refractivity contribution in [3.63, 3.8) is 0 Å². The Morgan fingerprint density at radius 1 is 1.25 bits per heavy atom. The molecule has 0 spiro atoms. The highest BCUT2D eigenvalue weighted by Crippen LogP contribution is 2.36.